The molecule has 0 saturated heterocycles. The molecule has 140 valence electrons. The second kappa shape index (κ2) is 7.09. The molecule has 5 heteroatoms. The van der Waals surface area contributed by atoms with Crippen molar-refractivity contribution >= 4 is 27.1 Å². The van der Waals surface area contributed by atoms with Gasteiger partial charge in [0, 0.05) is 23.5 Å². The number of sulfonamides is 1. The summed E-state index contributed by atoms with van der Waals surface area (Å²) in [6, 6.07) is 24.6. The quantitative estimate of drug-likeness (QED) is 0.464. The predicted molar refractivity (Wildman–Crippen MR) is 114 cm³/mol. The molecule has 0 atom stereocenters. The summed E-state index contributed by atoms with van der Waals surface area (Å²) in [5.74, 6) is 0. The Morgan fingerprint density at radius 2 is 1.50 bits per heavy atom. The highest BCUT2D eigenvalue weighted by atomic mass is 32.2. The molecule has 0 unspecified atom stereocenters. The lowest BCUT2D eigenvalue weighted by Crippen LogP contribution is -1.99. The van der Waals surface area contributed by atoms with Crippen LogP contribution in [0.4, 0.5) is 0 Å². The van der Waals surface area contributed by atoms with E-state index in [1.165, 1.54) is 6.21 Å². The highest BCUT2D eigenvalue weighted by Gasteiger charge is 2.17. The van der Waals surface area contributed by atoms with E-state index < -0.39 is 10.0 Å². The smallest absolute Gasteiger partial charge is 0.282 e. The fraction of sp³-hybridized carbons (Fsp3) is 0.0870. The number of rotatable bonds is 4. The summed E-state index contributed by atoms with van der Waals surface area (Å²) >= 11 is 0. The summed E-state index contributed by atoms with van der Waals surface area (Å²) in [5, 5.41) is 0.965. The van der Waals surface area contributed by atoms with E-state index in [2.05, 4.69) is 8.96 Å². The summed E-state index contributed by atoms with van der Waals surface area (Å²) in [6.45, 7) is 1.92. The Morgan fingerprint density at radius 1 is 0.857 bits per heavy atom. The zero-order chi connectivity index (χ0) is 19.7. The molecule has 0 aliphatic carbocycles. The van der Waals surface area contributed by atoms with Crippen molar-refractivity contribution in [3.63, 3.8) is 0 Å². The summed E-state index contributed by atoms with van der Waals surface area (Å²) in [5.41, 5.74) is 4.76. The van der Waals surface area contributed by atoms with Gasteiger partial charge in [0.25, 0.3) is 10.0 Å². The van der Waals surface area contributed by atoms with Crippen LogP contribution >= 0.6 is 0 Å². The second-order valence-corrected chi connectivity index (χ2v) is 8.36. The van der Waals surface area contributed by atoms with Crippen LogP contribution in [-0.2, 0) is 17.1 Å². The molecule has 0 aliphatic heterocycles. The first-order valence-corrected chi connectivity index (χ1v) is 10.4. The van der Waals surface area contributed by atoms with Gasteiger partial charge >= 0.3 is 0 Å². The van der Waals surface area contributed by atoms with E-state index in [-0.39, 0.29) is 4.90 Å². The molecule has 0 fully saturated rings. The number of fused-ring (bicyclic) bond motifs is 1. The van der Waals surface area contributed by atoms with Crippen LogP contribution in [0.25, 0.3) is 22.2 Å². The molecule has 0 radical (unpaired) electrons. The molecule has 0 aliphatic rings. The van der Waals surface area contributed by atoms with Crippen molar-refractivity contribution in [1.29, 1.82) is 0 Å². The zero-order valence-corrected chi connectivity index (χ0v) is 16.5. The number of hydrogen-bond donors (Lipinski definition) is 0. The Morgan fingerprint density at radius 3 is 2.21 bits per heavy atom. The lowest BCUT2D eigenvalue weighted by Gasteiger charge is -2.06. The van der Waals surface area contributed by atoms with Crippen molar-refractivity contribution in [3.05, 3.63) is 90.0 Å². The van der Waals surface area contributed by atoms with Gasteiger partial charge in [-0.25, -0.2) is 0 Å². The molecule has 1 heterocycles. The van der Waals surface area contributed by atoms with E-state index in [1.54, 1.807) is 24.3 Å². The largest absolute Gasteiger partial charge is 0.343 e. The van der Waals surface area contributed by atoms with Crippen LogP contribution < -0.4 is 0 Å². The number of benzene rings is 3. The molecular formula is C23H20N2O2S. The Kier molecular flexibility index (Phi) is 4.61. The molecule has 0 spiro atoms. The molecule has 0 saturated carbocycles. The van der Waals surface area contributed by atoms with Gasteiger partial charge in [-0.2, -0.15) is 12.8 Å². The topological polar surface area (TPSA) is 51.4 Å². The Labute approximate surface area is 164 Å². The number of aryl methyl sites for hydroxylation is 2. The molecule has 4 nitrogen and oxygen atoms in total. The van der Waals surface area contributed by atoms with Gasteiger partial charge in [0.1, 0.15) is 0 Å². The maximum atomic E-state index is 12.7. The van der Waals surface area contributed by atoms with E-state index in [0.717, 1.165) is 33.3 Å². The number of nitrogens with zero attached hydrogens (tertiary/aromatic N) is 2. The van der Waals surface area contributed by atoms with Crippen LogP contribution in [0.3, 0.4) is 0 Å². The highest BCUT2D eigenvalue weighted by Crippen LogP contribution is 2.32. The van der Waals surface area contributed by atoms with Gasteiger partial charge in [-0.1, -0.05) is 66.2 Å². The zero-order valence-electron chi connectivity index (χ0n) is 15.7. The lowest BCUT2D eigenvalue weighted by atomic mass is 10.1. The molecule has 0 bridgehead atoms. The maximum Gasteiger partial charge on any atom is 0.282 e. The third-order valence-corrected chi connectivity index (χ3v) is 6.08. The fourth-order valence-corrected chi connectivity index (χ4v) is 4.24. The minimum Gasteiger partial charge on any atom is -0.343 e. The van der Waals surface area contributed by atoms with Crippen LogP contribution in [0.15, 0.2) is 88.2 Å². The van der Waals surface area contributed by atoms with Gasteiger partial charge in [0.15, 0.2) is 0 Å². The van der Waals surface area contributed by atoms with E-state index in [1.807, 2.05) is 68.6 Å². The summed E-state index contributed by atoms with van der Waals surface area (Å²) in [7, 11) is -1.79. The standard InChI is InChI=1S/C23H20N2O2S/c1-17-12-14-19(15-13-17)28(26,27)24-16-21-20-10-6-7-11-22(20)25(2)23(21)18-8-4-3-5-9-18/h3-16H,1-2H3/b24-16+. The summed E-state index contributed by atoms with van der Waals surface area (Å²) in [4.78, 5) is 0.191. The van der Waals surface area contributed by atoms with Crippen molar-refractivity contribution in [2.24, 2.45) is 11.4 Å². The molecule has 1 aromatic heterocycles. The molecule has 3 aromatic carbocycles. The van der Waals surface area contributed by atoms with Crippen LogP contribution in [0.5, 0.6) is 0 Å². The Balaban J connectivity index is 1.89. The normalized spacial score (nSPS) is 12.1. The molecular weight excluding hydrogens is 368 g/mol. The van der Waals surface area contributed by atoms with Gasteiger partial charge in [0.2, 0.25) is 0 Å². The fourth-order valence-electron chi connectivity index (χ4n) is 3.39. The van der Waals surface area contributed by atoms with Gasteiger partial charge in [-0.3, -0.25) is 0 Å². The molecule has 4 rings (SSSR count). The first kappa shape index (κ1) is 18.2. The average molecular weight is 388 g/mol. The van der Waals surface area contributed by atoms with Crippen LogP contribution in [0.2, 0.25) is 0 Å². The SMILES string of the molecule is Cc1ccc(S(=O)(=O)/N=C/c2c(-c3ccccc3)n(C)c3ccccc23)cc1. The minimum atomic E-state index is -3.77. The van der Waals surface area contributed by atoms with E-state index >= 15 is 0 Å². The van der Waals surface area contributed by atoms with Gasteiger partial charge < -0.3 is 4.57 Å². The van der Waals surface area contributed by atoms with Gasteiger partial charge in [-0.15, -0.1) is 0 Å². The Hall–Kier alpha value is -3.18. The highest BCUT2D eigenvalue weighted by molar-refractivity contribution is 7.90. The molecule has 4 aromatic rings. The van der Waals surface area contributed by atoms with Crippen molar-refractivity contribution in [1.82, 2.24) is 4.57 Å². The first-order chi connectivity index (χ1) is 13.5. The lowest BCUT2D eigenvalue weighted by molar-refractivity contribution is 0.598. The van der Waals surface area contributed by atoms with Crippen molar-refractivity contribution in [2.45, 2.75) is 11.8 Å². The third-order valence-electron chi connectivity index (χ3n) is 4.83. The van der Waals surface area contributed by atoms with Gasteiger partial charge in [-0.05, 0) is 30.7 Å². The number of hydrogen-bond acceptors (Lipinski definition) is 2. The van der Waals surface area contributed by atoms with E-state index in [4.69, 9.17) is 0 Å². The number of para-hydroxylation sites is 1. The van der Waals surface area contributed by atoms with Gasteiger partial charge in [0.05, 0.1) is 16.8 Å². The second-order valence-electron chi connectivity index (χ2n) is 6.73. The van der Waals surface area contributed by atoms with Crippen LogP contribution in [-0.4, -0.2) is 19.2 Å². The molecule has 28 heavy (non-hydrogen) atoms. The monoisotopic (exact) mass is 388 g/mol. The van der Waals surface area contributed by atoms with E-state index in [0.29, 0.717) is 0 Å². The summed E-state index contributed by atoms with van der Waals surface area (Å²) in [6.07, 6.45) is 1.47. The minimum absolute atomic E-state index is 0.191. The molecule has 0 amide bonds. The van der Waals surface area contributed by atoms with Crippen molar-refractivity contribution < 1.29 is 8.42 Å². The predicted octanol–water partition coefficient (Wildman–Crippen LogP) is 4.96. The molecule has 0 N–H and O–H groups in total. The maximum absolute atomic E-state index is 12.7. The Bertz CT molecular complexity index is 1270. The third kappa shape index (κ3) is 3.25. The van der Waals surface area contributed by atoms with Crippen LogP contribution in [0, 0.1) is 6.92 Å². The summed E-state index contributed by atoms with van der Waals surface area (Å²) < 4.78 is 31.5. The van der Waals surface area contributed by atoms with Crippen molar-refractivity contribution in [3.8, 4) is 11.3 Å². The first-order valence-electron chi connectivity index (χ1n) is 8.97. The van der Waals surface area contributed by atoms with Crippen molar-refractivity contribution in [2.75, 3.05) is 0 Å². The average Bonchev–Trinajstić information content (AvgIpc) is 3.00. The number of aromatic nitrogens is 1. The van der Waals surface area contributed by atoms with Crippen LogP contribution in [0.1, 0.15) is 11.1 Å². The van der Waals surface area contributed by atoms with E-state index in [9.17, 15) is 8.42 Å².